The van der Waals surface area contributed by atoms with E-state index in [-0.39, 0.29) is 17.4 Å². The number of likely N-dealkylation sites (tertiary alicyclic amines) is 1. The maximum absolute atomic E-state index is 12.3. The van der Waals surface area contributed by atoms with Crippen LogP contribution in [0.2, 0.25) is 0 Å². The van der Waals surface area contributed by atoms with E-state index in [0.29, 0.717) is 11.8 Å². The van der Waals surface area contributed by atoms with Crippen LogP contribution in [0.4, 0.5) is 0 Å². The molecular formula is C13H15N3O2. The molecule has 94 valence electrons. The van der Waals surface area contributed by atoms with Crippen LogP contribution in [0.25, 0.3) is 0 Å². The topological polar surface area (TPSA) is 69.3 Å². The molecule has 0 saturated carbocycles. The van der Waals surface area contributed by atoms with Gasteiger partial charge in [0.2, 0.25) is 5.76 Å². The third kappa shape index (κ3) is 2.00. The Balaban J connectivity index is 1.74. The van der Waals surface area contributed by atoms with Crippen molar-refractivity contribution in [2.75, 3.05) is 26.2 Å². The lowest BCUT2D eigenvalue weighted by Crippen LogP contribution is -2.52. The van der Waals surface area contributed by atoms with E-state index < -0.39 is 0 Å². The van der Waals surface area contributed by atoms with Crippen molar-refractivity contribution in [3.63, 3.8) is 0 Å². The number of carbonyl (C=O) groups is 1. The molecule has 2 bridgehead atoms. The van der Waals surface area contributed by atoms with Crippen LogP contribution >= 0.6 is 0 Å². The average Bonchev–Trinajstić information content (AvgIpc) is 2.86. The number of hydrogen-bond acceptors (Lipinski definition) is 4. The predicted octanol–water partition coefficient (Wildman–Crippen LogP) is 0.833. The minimum Gasteiger partial charge on any atom is -0.440 e. The van der Waals surface area contributed by atoms with Gasteiger partial charge in [-0.3, -0.25) is 4.79 Å². The zero-order valence-corrected chi connectivity index (χ0v) is 10.1. The first kappa shape index (κ1) is 11.3. The highest BCUT2D eigenvalue weighted by Crippen LogP contribution is 2.25. The van der Waals surface area contributed by atoms with Crippen LogP contribution in [0.5, 0.6) is 0 Å². The van der Waals surface area contributed by atoms with Crippen molar-refractivity contribution in [2.45, 2.75) is 6.42 Å². The Morgan fingerprint density at radius 2 is 2.11 bits per heavy atom. The van der Waals surface area contributed by atoms with Crippen molar-refractivity contribution in [3.05, 3.63) is 23.7 Å². The summed E-state index contributed by atoms with van der Waals surface area (Å²) in [5.41, 5.74) is 0. The lowest BCUT2D eigenvalue weighted by Gasteiger charge is -2.41. The number of nitrogens with zero attached hydrogens (tertiary/aromatic N) is 2. The quantitative estimate of drug-likeness (QED) is 0.795. The van der Waals surface area contributed by atoms with Gasteiger partial charge in [0.15, 0.2) is 5.76 Å². The normalized spacial score (nSPS) is 26.7. The molecule has 2 fully saturated rings. The Bertz CT molecular complexity index is 491. The first-order valence-corrected chi connectivity index (χ1v) is 6.26. The smallest absolute Gasteiger partial charge is 0.289 e. The van der Waals surface area contributed by atoms with E-state index in [1.165, 1.54) is 6.42 Å². The van der Waals surface area contributed by atoms with E-state index >= 15 is 0 Å². The third-order valence-corrected chi connectivity index (χ3v) is 3.70. The van der Waals surface area contributed by atoms with E-state index in [4.69, 9.17) is 9.68 Å². The molecule has 18 heavy (non-hydrogen) atoms. The van der Waals surface area contributed by atoms with Crippen LogP contribution in [0.15, 0.2) is 16.5 Å². The summed E-state index contributed by atoms with van der Waals surface area (Å²) >= 11 is 0. The summed E-state index contributed by atoms with van der Waals surface area (Å²) in [6.07, 6.45) is 1.21. The second-order valence-electron chi connectivity index (χ2n) is 5.11. The first-order valence-electron chi connectivity index (χ1n) is 6.26. The van der Waals surface area contributed by atoms with Gasteiger partial charge in [0.25, 0.3) is 5.91 Å². The molecule has 5 heteroatoms. The zero-order valence-electron chi connectivity index (χ0n) is 10.1. The van der Waals surface area contributed by atoms with Gasteiger partial charge in [0.1, 0.15) is 6.07 Å². The molecule has 0 aromatic carbocycles. The Hall–Kier alpha value is -1.80. The van der Waals surface area contributed by atoms with Crippen molar-refractivity contribution >= 4 is 5.91 Å². The fraction of sp³-hybridized carbons (Fsp3) is 0.538. The largest absolute Gasteiger partial charge is 0.440 e. The number of amides is 1. The molecule has 2 saturated heterocycles. The molecule has 0 aliphatic carbocycles. The number of hydrogen-bond donors (Lipinski definition) is 1. The summed E-state index contributed by atoms with van der Waals surface area (Å²) in [7, 11) is 0. The number of carbonyl (C=O) groups excluding carboxylic acids is 1. The van der Waals surface area contributed by atoms with Crippen LogP contribution in [0.1, 0.15) is 22.7 Å². The summed E-state index contributed by atoms with van der Waals surface area (Å²) in [4.78, 5) is 14.1. The number of rotatable bonds is 1. The Labute approximate surface area is 105 Å². The van der Waals surface area contributed by atoms with Crippen molar-refractivity contribution in [3.8, 4) is 6.07 Å². The SMILES string of the molecule is N#Cc1ccc(C(=O)N2CC3CNCC(C3)C2)o1. The number of nitrogens with one attached hydrogen (secondary N) is 1. The van der Waals surface area contributed by atoms with E-state index in [1.54, 1.807) is 12.1 Å². The zero-order chi connectivity index (χ0) is 12.5. The van der Waals surface area contributed by atoms with Crippen LogP contribution in [0, 0.1) is 23.2 Å². The predicted molar refractivity (Wildman–Crippen MR) is 63.8 cm³/mol. The van der Waals surface area contributed by atoms with Gasteiger partial charge in [0.05, 0.1) is 0 Å². The van der Waals surface area contributed by atoms with Gasteiger partial charge in [-0.2, -0.15) is 5.26 Å². The summed E-state index contributed by atoms with van der Waals surface area (Å²) in [5, 5.41) is 12.1. The molecule has 3 rings (SSSR count). The lowest BCUT2D eigenvalue weighted by atomic mass is 9.86. The summed E-state index contributed by atoms with van der Waals surface area (Å²) in [6, 6.07) is 5.03. The van der Waals surface area contributed by atoms with Crippen molar-refractivity contribution in [2.24, 2.45) is 11.8 Å². The Morgan fingerprint density at radius 1 is 1.39 bits per heavy atom. The summed E-state index contributed by atoms with van der Waals surface area (Å²) < 4.78 is 5.20. The number of furan rings is 1. The molecule has 3 heterocycles. The molecule has 1 aromatic rings. The fourth-order valence-corrected chi connectivity index (χ4v) is 2.94. The van der Waals surface area contributed by atoms with E-state index in [9.17, 15) is 4.79 Å². The molecule has 0 radical (unpaired) electrons. The maximum atomic E-state index is 12.3. The van der Waals surface area contributed by atoms with Gasteiger partial charge in [0, 0.05) is 13.1 Å². The minimum absolute atomic E-state index is 0.0897. The van der Waals surface area contributed by atoms with Crippen molar-refractivity contribution < 1.29 is 9.21 Å². The summed E-state index contributed by atoms with van der Waals surface area (Å²) in [6.45, 7) is 3.54. The van der Waals surface area contributed by atoms with E-state index in [0.717, 1.165) is 26.2 Å². The Morgan fingerprint density at radius 3 is 2.72 bits per heavy atom. The Kier molecular flexibility index (Phi) is 2.80. The fourth-order valence-electron chi connectivity index (χ4n) is 2.94. The summed E-state index contributed by atoms with van der Waals surface area (Å²) in [5.74, 6) is 1.48. The molecule has 0 spiro atoms. The van der Waals surface area contributed by atoms with E-state index in [2.05, 4.69) is 5.32 Å². The molecule has 2 aliphatic rings. The van der Waals surface area contributed by atoms with Crippen LogP contribution in [0.3, 0.4) is 0 Å². The molecule has 1 amide bonds. The molecule has 1 aromatic heterocycles. The van der Waals surface area contributed by atoms with Crippen molar-refractivity contribution in [1.29, 1.82) is 5.26 Å². The maximum Gasteiger partial charge on any atom is 0.289 e. The lowest BCUT2D eigenvalue weighted by molar-refractivity contribution is 0.0507. The molecule has 2 aliphatic heterocycles. The number of piperidine rings is 2. The molecule has 2 atom stereocenters. The molecule has 5 nitrogen and oxygen atoms in total. The number of fused-ring (bicyclic) bond motifs is 2. The van der Waals surface area contributed by atoms with Gasteiger partial charge in [-0.05, 0) is 43.5 Å². The van der Waals surface area contributed by atoms with Gasteiger partial charge in [-0.15, -0.1) is 0 Å². The van der Waals surface area contributed by atoms with Crippen molar-refractivity contribution in [1.82, 2.24) is 10.2 Å². The first-order chi connectivity index (χ1) is 8.76. The van der Waals surface area contributed by atoms with Gasteiger partial charge >= 0.3 is 0 Å². The third-order valence-electron chi connectivity index (χ3n) is 3.70. The monoisotopic (exact) mass is 245 g/mol. The van der Waals surface area contributed by atoms with E-state index in [1.807, 2.05) is 11.0 Å². The minimum atomic E-state index is -0.0897. The van der Waals surface area contributed by atoms with Crippen LogP contribution in [-0.4, -0.2) is 37.0 Å². The van der Waals surface area contributed by atoms with Gasteiger partial charge in [-0.25, -0.2) is 0 Å². The number of nitriles is 1. The molecule has 1 N–H and O–H groups in total. The average molecular weight is 245 g/mol. The highest BCUT2D eigenvalue weighted by Gasteiger charge is 2.33. The standard InChI is InChI=1S/C13H15N3O2/c14-4-11-1-2-12(18-11)13(17)16-7-9-3-10(8-16)6-15-5-9/h1-2,9-10,15H,3,5-8H2. The highest BCUT2D eigenvalue weighted by atomic mass is 16.3. The second kappa shape index (κ2) is 4.46. The highest BCUT2D eigenvalue weighted by molar-refractivity contribution is 5.91. The molecular weight excluding hydrogens is 230 g/mol. The van der Waals surface area contributed by atoms with Gasteiger partial charge in [-0.1, -0.05) is 0 Å². The van der Waals surface area contributed by atoms with Gasteiger partial charge < -0.3 is 14.6 Å². The second-order valence-corrected chi connectivity index (χ2v) is 5.11. The molecule has 2 unspecified atom stereocenters. The van der Waals surface area contributed by atoms with Crippen LogP contribution < -0.4 is 5.32 Å². The van der Waals surface area contributed by atoms with Crippen LogP contribution in [-0.2, 0) is 0 Å².